The molecule has 0 heterocycles. The molecule has 0 saturated heterocycles. The third kappa shape index (κ3) is 5.92. The predicted molar refractivity (Wildman–Crippen MR) is 73.7 cm³/mol. The van der Waals surface area contributed by atoms with Gasteiger partial charge in [0.1, 0.15) is 0 Å². The minimum atomic E-state index is -4.27. The van der Waals surface area contributed by atoms with Crippen LogP contribution in [0.3, 0.4) is 0 Å². The lowest BCUT2D eigenvalue weighted by Gasteiger charge is -2.18. The Kier molecular flexibility index (Phi) is 7.02. The monoisotopic (exact) mass is 289 g/mol. The first-order valence-corrected chi connectivity index (χ1v) is 6.85. The number of alkyl halides is 3. The van der Waals surface area contributed by atoms with Crippen molar-refractivity contribution < 1.29 is 17.9 Å². The summed E-state index contributed by atoms with van der Waals surface area (Å²) in [6.45, 7) is 3.57. The number of ether oxygens (including phenoxy) is 1. The van der Waals surface area contributed by atoms with Crippen LogP contribution in [0.25, 0.3) is 0 Å². The highest BCUT2D eigenvalue weighted by Gasteiger charge is 2.29. The standard InChI is InChI=1S/C15H22F3NO/c1-3-19-14(5-4-10-20-2)11-12-6-8-13(9-7-12)15(16,17)18/h6-9,14,19H,3-5,10-11H2,1-2H3. The molecule has 0 saturated carbocycles. The smallest absolute Gasteiger partial charge is 0.385 e. The van der Waals surface area contributed by atoms with Gasteiger partial charge in [0, 0.05) is 19.8 Å². The third-order valence-electron chi connectivity index (χ3n) is 3.16. The zero-order chi connectivity index (χ0) is 15.0. The quantitative estimate of drug-likeness (QED) is 0.738. The second-order valence-electron chi connectivity index (χ2n) is 4.79. The van der Waals surface area contributed by atoms with Crippen LogP contribution in [-0.4, -0.2) is 26.3 Å². The van der Waals surface area contributed by atoms with Crippen LogP contribution in [0.15, 0.2) is 24.3 Å². The minimum Gasteiger partial charge on any atom is -0.385 e. The van der Waals surface area contributed by atoms with E-state index in [1.807, 2.05) is 6.92 Å². The molecular formula is C15H22F3NO. The first-order valence-electron chi connectivity index (χ1n) is 6.85. The summed E-state index contributed by atoms with van der Waals surface area (Å²) in [6.07, 6.45) is -1.65. The molecule has 1 aromatic carbocycles. The Balaban J connectivity index is 2.59. The molecule has 0 aliphatic carbocycles. The fourth-order valence-corrected chi connectivity index (χ4v) is 2.15. The maximum absolute atomic E-state index is 12.5. The second-order valence-corrected chi connectivity index (χ2v) is 4.79. The number of halogens is 3. The van der Waals surface area contributed by atoms with Gasteiger partial charge in [0.25, 0.3) is 0 Å². The van der Waals surface area contributed by atoms with Gasteiger partial charge in [-0.3, -0.25) is 0 Å². The summed E-state index contributed by atoms with van der Waals surface area (Å²) in [5, 5.41) is 3.36. The first-order chi connectivity index (χ1) is 9.47. The molecule has 114 valence electrons. The fraction of sp³-hybridized carbons (Fsp3) is 0.600. The number of likely N-dealkylation sites (N-methyl/N-ethyl adjacent to an activating group) is 1. The number of nitrogens with one attached hydrogen (secondary N) is 1. The molecule has 0 aliphatic rings. The summed E-state index contributed by atoms with van der Waals surface area (Å²) in [5.74, 6) is 0. The molecule has 1 atom stereocenters. The molecule has 0 aliphatic heterocycles. The molecule has 1 N–H and O–H groups in total. The zero-order valence-corrected chi connectivity index (χ0v) is 12.0. The van der Waals surface area contributed by atoms with Gasteiger partial charge >= 0.3 is 6.18 Å². The number of hydrogen-bond acceptors (Lipinski definition) is 2. The molecule has 2 nitrogen and oxygen atoms in total. The molecule has 0 bridgehead atoms. The number of rotatable bonds is 8. The molecule has 1 rings (SSSR count). The predicted octanol–water partition coefficient (Wildman–Crippen LogP) is 3.65. The highest BCUT2D eigenvalue weighted by Crippen LogP contribution is 2.29. The van der Waals surface area contributed by atoms with Crippen molar-refractivity contribution in [2.45, 2.75) is 38.4 Å². The lowest BCUT2D eigenvalue weighted by atomic mass is 10.0. The van der Waals surface area contributed by atoms with E-state index >= 15 is 0 Å². The molecule has 0 amide bonds. The Morgan fingerprint density at radius 1 is 1.20 bits per heavy atom. The van der Waals surface area contributed by atoms with E-state index in [1.54, 1.807) is 19.2 Å². The van der Waals surface area contributed by atoms with Crippen molar-refractivity contribution in [3.05, 3.63) is 35.4 Å². The third-order valence-corrected chi connectivity index (χ3v) is 3.16. The molecule has 5 heteroatoms. The van der Waals surface area contributed by atoms with Crippen molar-refractivity contribution in [3.63, 3.8) is 0 Å². The average Bonchev–Trinajstić information content (AvgIpc) is 2.39. The molecular weight excluding hydrogens is 267 g/mol. The number of methoxy groups -OCH3 is 1. The van der Waals surface area contributed by atoms with Crippen LogP contribution in [-0.2, 0) is 17.3 Å². The van der Waals surface area contributed by atoms with Crippen molar-refractivity contribution in [3.8, 4) is 0 Å². The van der Waals surface area contributed by atoms with E-state index in [-0.39, 0.29) is 6.04 Å². The van der Waals surface area contributed by atoms with Gasteiger partial charge in [-0.25, -0.2) is 0 Å². The van der Waals surface area contributed by atoms with Crippen molar-refractivity contribution in [1.29, 1.82) is 0 Å². The van der Waals surface area contributed by atoms with E-state index in [0.29, 0.717) is 6.61 Å². The van der Waals surface area contributed by atoms with Crippen molar-refractivity contribution in [1.82, 2.24) is 5.32 Å². The Hall–Kier alpha value is -1.07. The highest BCUT2D eigenvalue weighted by atomic mass is 19.4. The van der Waals surface area contributed by atoms with Crippen LogP contribution in [0.2, 0.25) is 0 Å². The van der Waals surface area contributed by atoms with Gasteiger partial charge in [-0.1, -0.05) is 19.1 Å². The lowest BCUT2D eigenvalue weighted by Crippen LogP contribution is -2.31. The second kappa shape index (κ2) is 8.27. The highest BCUT2D eigenvalue weighted by molar-refractivity contribution is 5.25. The summed E-state index contributed by atoms with van der Waals surface area (Å²) in [7, 11) is 1.66. The van der Waals surface area contributed by atoms with Crippen molar-refractivity contribution >= 4 is 0 Å². The van der Waals surface area contributed by atoms with E-state index in [4.69, 9.17) is 4.74 Å². The van der Waals surface area contributed by atoms with Crippen LogP contribution in [0.4, 0.5) is 13.2 Å². The maximum atomic E-state index is 12.5. The van der Waals surface area contributed by atoms with Gasteiger partial charge < -0.3 is 10.1 Å². The Morgan fingerprint density at radius 3 is 2.35 bits per heavy atom. The van der Waals surface area contributed by atoms with Gasteiger partial charge in [-0.2, -0.15) is 13.2 Å². The van der Waals surface area contributed by atoms with E-state index in [2.05, 4.69) is 5.32 Å². The van der Waals surface area contributed by atoms with Crippen molar-refractivity contribution in [2.24, 2.45) is 0 Å². The normalized spacial score (nSPS) is 13.4. The minimum absolute atomic E-state index is 0.270. The molecule has 1 aromatic rings. The number of hydrogen-bond donors (Lipinski definition) is 1. The van der Waals surface area contributed by atoms with Gasteiger partial charge in [0.15, 0.2) is 0 Å². The Morgan fingerprint density at radius 2 is 1.85 bits per heavy atom. The molecule has 0 fully saturated rings. The Labute approximate surface area is 118 Å². The first kappa shape index (κ1) is 17.0. The van der Waals surface area contributed by atoms with Crippen LogP contribution >= 0.6 is 0 Å². The average molecular weight is 289 g/mol. The maximum Gasteiger partial charge on any atom is 0.416 e. The van der Waals surface area contributed by atoms with E-state index in [0.717, 1.165) is 43.5 Å². The largest absolute Gasteiger partial charge is 0.416 e. The summed E-state index contributed by atoms with van der Waals surface area (Å²) >= 11 is 0. The van der Waals surface area contributed by atoms with Crippen LogP contribution < -0.4 is 5.32 Å². The Bertz CT molecular complexity index is 376. The van der Waals surface area contributed by atoms with Gasteiger partial charge in [0.2, 0.25) is 0 Å². The summed E-state index contributed by atoms with van der Waals surface area (Å²) in [4.78, 5) is 0. The van der Waals surface area contributed by atoms with Crippen molar-refractivity contribution in [2.75, 3.05) is 20.3 Å². The van der Waals surface area contributed by atoms with E-state index in [1.165, 1.54) is 0 Å². The van der Waals surface area contributed by atoms with E-state index in [9.17, 15) is 13.2 Å². The van der Waals surface area contributed by atoms with Crippen LogP contribution in [0.5, 0.6) is 0 Å². The summed E-state index contributed by atoms with van der Waals surface area (Å²) in [5.41, 5.74) is 0.321. The van der Waals surface area contributed by atoms with Crippen LogP contribution in [0, 0.1) is 0 Å². The molecule has 0 aromatic heterocycles. The fourth-order valence-electron chi connectivity index (χ4n) is 2.15. The zero-order valence-electron chi connectivity index (χ0n) is 12.0. The van der Waals surface area contributed by atoms with Gasteiger partial charge in [-0.15, -0.1) is 0 Å². The lowest BCUT2D eigenvalue weighted by molar-refractivity contribution is -0.137. The van der Waals surface area contributed by atoms with E-state index < -0.39 is 11.7 Å². The van der Waals surface area contributed by atoms with Gasteiger partial charge in [-0.05, 0) is 43.5 Å². The number of benzene rings is 1. The summed E-state index contributed by atoms with van der Waals surface area (Å²) < 4.78 is 42.5. The molecule has 20 heavy (non-hydrogen) atoms. The van der Waals surface area contributed by atoms with Crippen LogP contribution in [0.1, 0.15) is 30.9 Å². The molecule has 0 spiro atoms. The SMILES string of the molecule is CCNC(CCCOC)Cc1ccc(C(F)(F)F)cc1. The molecule has 1 unspecified atom stereocenters. The topological polar surface area (TPSA) is 21.3 Å². The summed E-state index contributed by atoms with van der Waals surface area (Å²) in [6, 6.07) is 5.68. The van der Waals surface area contributed by atoms with Gasteiger partial charge in [0.05, 0.1) is 5.56 Å². The molecule has 0 radical (unpaired) electrons.